The van der Waals surface area contributed by atoms with Crippen LogP contribution in [0.5, 0.6) is 5.75 Å². The smallest absolute Gasteiger partial charge is 0.223 e. The van der Waals surface area contributed by atoms with Crippen LogP contribution in [-0.4, -0.2) is 22.9 Å². The first-order valence-electron chi connectivity index (χ1n) is 9.20. The van der Waals surface area contributed by atoms with Crippen molar-refractivity contribution < 1.29 is 9.53 Å². The maximum Gasteiger partial charge on any atom is 0.223 e. The van der Waals surface area contributed by atoms with E-state index in [0.29, 0.717) is 16.6 Å². The molecule has 3 N–H and O–H groups in total. The van der Waals surface area contributed by atoms with Crippen LogP contribution >= 0.6 is 11.6 Å². The molecule has 3 saturated carbocycles. The molecule has 1 amide bonds. The first-order chi connectivity index (χ1) is 12.7. The van der Waals surface area contributed by atoms with Crippen molar-refractivity contribution in [3.63, 3.8) is 0 Å². The van der Waals surface area contributed by atoms with Crippen LogP contribution in [0.2, 0.25) is 5.02 Å². The molecule has 3 aliphatic carbocycles. The minimum absolute atomic E-state index is 0.173. The topological polar surface area (TPSA) is 100 Å². The highest BCUT2D eigenvalue weighted by molar-refractivity contribution is 6.30. The molecule has 0 heterocycles. The van der Waals surface area contributed by atoms with E-state index in [1.165, 1.54) is 0 Å². The number of benzene rings is 1. The lowest BCUT2D eigenvalue weighted by Gasteiger charge is -2.53. The Morgan fingerprint density at radius 2 is 1.78 bits per heavy atom. The average Bonchev–Trinajstić information content (AvgIpc) is 2.64. The van der Waals surface area contributed by atoms with Gasteiger partial charge in [-0.15, -0.1) is 0 Å². The van der Waals surface area contributed by atoms with Gasteiger partial charge in [-0.2, -0.15) is 10.3 Å². The third-order valence-corrected chi connectivity index (χ3v) is 6.32. The Balaban J connectivity index is 1.77. The molecule has 6 nitrogen and oxygen atoms in total. The van der Waals surface area contributed by atoms with Gasteiger partial charge in [0.2, 0.25) is 12.1 Å². The Hall–Kier alpha value is -2.26. The lowest BCUT2D eigenvalue weighted by Crippen LogP contribution is -2.62. The number of fused-ring (bicyclic) bond motifs is 3. The Bertz CT molecular complexity index is 771. The zero-order chi connectivity index (χ0) is 19.7. The van der Waals surface area contributed by atoms with Crippen molar-refractivity contribution >= 4 is 23.3 Å². The molecule has 0 aromatic heterocycles. The Morgan fingerprint density at radius 1 is 1.22 bits per heavy atom. The summed E-state index contributed by atoms with van der Waals surface area (Å²) in [6.45, 7) is 3.75. The summed E-state index contributed by atoms with van der Waals surface area (Å²) in [5.74, 6) is 0.955. The molecule has 0 atom stereocenters. The van der Waals surface area contributed by atoms with Crippen LogP contribution in [0.4, 0.5) is 0 Å². The number of amides is 1. The molecule has 1 aromatic carbocycles. The first kappa shape index (κ1) is 19.5. The summed E-state index contributed by atoms with van der Waals surface area (Å²) in [6, 6.07) is 7.08. The van der Waals surface area contributed by atoms with Crippen molar-refractivity contribution in [2.45, 2.75) is 63.5 Å². The number of nitrogens with two attached hydrogens (primary N) is 1. The minimum atomic E-state index is -0.825. The van der Waals surface area contributed by atoms with E-state index in [1.807, 2.05) is 20.0 Å². The molecule has 4 rings (SSSR count). The highest BCUT2D eigenvalue weighted by atomic mass is 35.5. The molecule has 0 spiro atoms. The summed E-state index contributed by atoms with van der Waals surface area (Å²) in [5, 5.41) is 13.3. The van der Waals surface area contributed by atoms with E-state index in [-0.39, 0.29) is 16.9 Å². The number of nitriles is 1. The molecule has 7 heteroatoms. The predicted molar refractivity (Wildman–Crippen MR) is 104 cm³/mol. The van der Waals surface area contributed by atoms with Crippen molar-refractivity contribution in [3.05, 3.63) is 29.3 Å². The normalized spacial score (nSPS) is 27.7. The van der Waals surface area contributed by atoms with Crippen molar-refractivity contribution in [1.82, 2.24) is 5.32 Å². The number of aliphatic imine (C=N–C) groups is 1. The van der Waals surface area contributed by atoms with Gasteiger partial charge in [0.25, 0.3) is 0 Å². The van der Waals surface area contributed by atoms with Crippen molar-refractivity contribution in [2.75, 3.05) is 0 Å². The quantitative estimate of drug-likeness (QED) is 0.457. The maximum atomic E-state index is 11.9. The van der Waals surface area contributed by atoms with Crippen molar-refractivity contribution in [3.8, 4) is 11.9 Å². The predicted octanol–water partition coefficient (Wildman–Crippen LogP) is 3.54. The van der Waals surface area contributed by atoms with Crippen LogP contribution in [0.3, 0.4) is 0 Å². The highest BCUT2D eigenvalue weighted by Crippen LogP contribution is 2.52. The van der Waals surface area contributed by atoms with E-state index in [4.69, 9.17) is 22.1 Å². The van der Waals surface area contributed by atoms with Crippen LogP contribution in [-0.2, 0) is 4.79 Å². The Morgan fingerprint density at radius 3 is 2.26 bits per heavy atom. The molecule has 2 bridgehead atoms. The lowest BCUT2D eigenvalue weighted by atomic mass is 9.57. The molecule has 3 aliphatic rings. The lowest BCUT2D eigenvalue weighted by molar-refractivity contribution is -0.134. The Labute approximate surface area is 164 Å². The van der Waals surface area contributed by atoms with Crippen LogP contribution in [0.1, 0.15) is 52.4 Å². The number of nitrogens with one attached hydrogen (secondary N) is 1. The van der Waals surface area contributed by atoms with Crippen LogP contribution in [0.25, 0.3) is 0 Å². The molecular weight excluding hydrogens is 364 g/mol. The van der Waals surface area contributed by atoms with Crippen molar-refractivity contribution in [2.24, 2.45) is 16.1 Å². The Kier molecular flexibility index (Phi) is 5.09. The van der Waals surface area contributed by atoms with E-state index in [9.17, 15) is 10.1 Å². The van der Waals surface area contributed by atoms with Gasteiger partial charge in [-0.25, -0.2) is 0 Å². The van der Waals surface area contributed by atoms with Gasteiger partial charge in [-0.3, -0.25) is 4.79 Å². The monoisotopic (exact) mass is 388 g/mol. The maximum absolute atomic E-state index is 11.9. The summed E-state index contributed by atoms with van der Waals surface area (Å²) < 4.78 is 6.10. The van der Waals surface area contributed by atoms with Gasteiger partial charge in [0.05, 0.1) is 0 Å². The largest absolute Gasteiger partial charge is 0.480 e. The van der Waals surface area contributed by atoms with E-state index >= 15 is 0 Å². The number of halogens is 1. The van der Waals surface area contributed by atoms with E-state index in [1.54, 1.807) is 24.3 Å². The van der Waals surface area contributed by atoms with Gasteiger partial charge >= 0.3 is 0 Å². The second kappa shape index (κ2) is 7.05. The highest BCUT2D eigenvalue weighted by Gasteiger charge is 2.52. The van der Waals surface area contributed by atoms with Gasteiger partial charge in [-0.05, 0) is 76.6 Å². The number of carbonyl (C=O) groups is 1. The number of ether oxygens (including phenoxy) is 1. The average molecular weight is 389 g/mol. The number of carbonyl (C=O) groups excluding carboxylic acids is 1. The van der Waals surface area contributed by atoms with Gasteiger partial charge in [0, 0.05) is 16.0 Å². The van der Waals surface area contributed by atoms with E-state index < -0.39 is 5.60 Å². The van der Waals surface area contributed by atoms with Crippen molar-refractivity contribution in [1.29, 1.82) is 5.26 Å². The molecule has 0 saturated heterocycles. The molecule has 144 valence electrons. The molecule has 0 radical (unpaired) electrons. The molecule has 27 heavy (non-hydrogen) atoms. The second-order valence-electron chi connectivity index (χ2n) is 8.18. The molecule has 0 aliphatic heterocycles. The van der Waals surface area contributed by atoms with Gasteiger partial charge in [-0.1, -0.05) is 11.6 Å². The van der Waals surface area contributed by atoms with Crippen LogP contribution in [0, 0.1) is 16.9 Å². The third kappa shape index (κ3) is 3.89. The number of nitrogens with zero attached hydrogens (tertiary/aromatic N) is 2. The standard InChI is InChI=1S/C20H25ClN4O2/c1-18(2,27-15-5-3-14(21)4-6-15)17(24-13-22)25-20-10-7-19(8-11-20,9-12-20)16(23)26/h3-6H,7-12H2,1-2H3,(H2,23,26)(H,24,25). The zero-order valence-electron chi connectivity index (χ0n) is 15.7. The zero-order valence-corrected chi connectivity index (χ0v) is 16.5. The number of hydrogen-bond donors (Lipinski definition) is 2. The van der Waals surface area contributed by atoms with Gasteiger partial charge in [0.15, 0.2) is 11.4 Å². The summed E-state index contributed by atoms with van der Waals surface area (Å²) in [4.78, 5) is 15.9. The number of amidine groups is 1. The molecule has 0 unspecified atom stereocenters. The number of rotatable bonds is 5. The van der Waals surface area contributed by atoms with Crippen LogP contribution in [0.15, 0.2) is 29.3 Å². The fourth-order valence-corrected chi connectivity index (χ4v) is 4.33. The first-order valence-corrected chi connectivity index (χ1v) is 9.58. The fourth-order valence-electron chi connectivity index (χ4n) is 4.20. The minimum Gasteiger partial charge on any atom is -0.480 e. The van der Waals surface area contributed by atoms with E-state index in [0.717, 1.165) is 38.5 Å². The second-order valence-corrected chi connectivity index (χ2v) is 8.61. The fraction of sp³-hybridized carbons (Fsp3) is 0.550. The summed E-state index contributed by atoms with van der Waals surface area (Å²) >= 11 is 5.93. The summed E-state index contributed by atoms with van der Waals surface area (Å²) in [6.07, 6.45) is 6.70. The molecular formula is C20H25ClN4O2. The van der Waals surface area contributed by atoms with Gasteiger partial charge in [0.1, 0.15) is 5.75 Å². The SMILES string of the molecule is CC(C)(Oc1ccc(Cl)cc1)/C(=N/C#N)NC12CCC(C(N)=O)(CC1)CC2. The number of primary amides is 1. The number of hydrogen-bond acceptors (Lipinski definition) is 4. The summed E-state index contributed by atoms with van der Waals surface area (Å²) in [5.41, 5.74) is 4.29. The van der Waals surface area contributed by atoms with Crippen LogP contribution < -0.4 is 15.8 Å². The molecule has 3 fully saturated rings. The van der Waals surface area contributed by atoms with E-state index in [2.05, 4.69) is 10.3 Å². The third-order valence-electron chi connectivity index (χ3n) is 6.07. The van der Waals surface area contributed by atoms with Gasteiger partial charge < -0.3 is 15.8 Å². The molecule has 1 aromatic rings. The summed E-state index contributed by atoms with van der Waals surface area (Å²) in [7, 11) is 0.